The van der Waals surface area contributed by atoms with Gasteiger partial charge in [-0.25, -0.2) is 4.79 Å². The Balaban J connectivity index is 1.49. The van der Waals surface area contributed by atoms with Crippen LogP contribution in [-0.4, -0.2) is 35.0 Å². The van der Waals surface area contributed by atoms with Crippen LogP contribution < -0.4 is 5.32 Å². The maximum Gasteiger partial charge on any atom is 0.338 e. The van der Waals surface area contributed by atoms with Crippen molar-refractivity contribution in [2.75, 3.05) is 13.2 Å². The lowest BCUT2D eigenvalue weighted by Crippen LogP contribution is -2.31. The molecule has 26 heavy (non-hydrogen) atoms. The van der Waals surface area contributed by atoms with Gasteiger partial charge in [-0.05, 0) is 29.7 Å². The molecular formula is C20H19N3O3. The highest BCUT2D eigenvalue weighted by molar-refractivity contribution is 5.94. The molecule has 0 unspecified atom stereocenters. The minimum Gasteiger partial charge on any atom is -0.452 e. The lowest BCUT2D eigenvalue weighted by Gasteiger charge is -2.13. The van der Waals surface area contributed by atoms with Gasteiger partial charge in [0.05, 0.1) is 16.6 Å². The zero-order valence-corrected chi connectivity index (χ0v) is 14.4. The Labute approximate surface area is 151 Å². The van der Waals surface area contributed by atoms with Crippen LogP contribution in [0.5, 0.6) is 0 Å². The number of fused-ring (bicyclic) bond motifs is 1. The first-order chi connectivity index (χ1) is 12.6. The number of nitrogens with zero attached hydrogens (tertiary/aromatic N) is 2. The molecule has 1 aromatic heterocycles. The highest BCUT2D eigenvalue weighted by atomic mass is 16.5. The van der Waals surface area contributed by atoms with Crippen molar-refractivity contribution in [3.63, 3.8) is 0 Å². The van der Waals surface area contributed by atoms with Crippen LogP contribution in [0.3, 0.4) is 0 Å². The van der Waals surface area contributed by atoms with E-state index in [0.29, 0.717) is 23.1 Å². The van der Waals surface area contributed by atoms with E-state index in [0.717, 1.165) is 5.56 Å². The van der Waals surface area contributed by atoms with Crippen molar-refractivity contribution in [3.8, 4) is 0 Å². The molecule has 2 aromatic carbocycles. The molecule has 1 amide bonds. The van der Waals surface area contributed by atoms with Gasteiger partial charge in [0.2, 0.25) is 0 Å². The summed E-state index contributed by atoms with van der Waals surface area (Å²) < 4.78 is 5.08. The van der Waals surface area contributed by atoms with Gasteiger partial charge in [-0.15, -0.1) is 0 Å². The number of hydrogen-bond donors (Lipinski definition) is 1. The fraction of sp³-hybridized carbons (Fsp3) is 0.200. The van der Waals surface area contributed by atoms with E-state index < -0.39 is 5.97 Å². The summed E-state index contributed by atoms with van der Waals surface area (Å²) in [4.78, 5) is 32.3. The molecular weight excluding hydrogens is 330 g/mol. The smallest absolute Gasteiger partial charge is 0.338 e. The molecule has 132 valence electrons. The van der Waals surface area contributed by atoms with Crippen molar-refractivity contribution >= 4 is 22.9 Å². The molecule has 0 aliphatic carbocycles. The summed E-state index contributed by atoms with van der Waals surface area (Å²) in [6, 6.07) is 14.8. The molecule has 6 nitrogen and oxygen atoms in total. The molecule has 3 rings (SSSR count). The van der Waals surface area contributed by atoms with Crippen molar-refractivity contribution in [1.29, 1.82) is 0 Å². The van der Waals surface area contributed by atoms with Gasteiger partial charge in [-0.3, -0.25) is 14.8 Å². The number of ether oxygens (including phenoxy) is 1. The monoisotopic (exact) mass is 349 g/mol. The third-order valence-corrected chi connectivity index (χ3v) is 4.01. The Hall–Kier alpha value is -3.28. The quantitative estimate of drug-likeness (QED) is 0.692. The summed E-state index contributed by atoms with van der Waals surface area (Å²) in [5.41, 5.74) is 2.77. The molecule has 1 atom stereocenters. The third-order valence-electron chi connectivity index (χ3n) is 4.01. The summed E-state index contributed by atoms with van der Waals surface area (Å²) in [7, 11) is 0. The van der Waals surface area contributed by atoms with Gasteiger partial charge in [-0.1, -0.05) is 37.3 Å². The normalized spacial score (nSPS) is 11.7. The van der Waals surface area contributed by atoms with E-state index in [1.54, 1.807) is 30.6 Å². The SMILES string of the molecule is C[C@@H](CNC(=O)COC(=O)c1ccc2nccnc2c1)c1ccccc1. The Bertz CT molecular complexity index is 912. The number of hydrogen-bond acceptors (Lipinski definition) is 5. The van der Waals surface area contributed by atoms with E-state index in [-0.39, 0.29) is 18.4 Å². The van der Waals surface area contributed by atoms with Gasteiger partial charge in [0.15, 0.2) is 6.61 Å². The van der Waals surface area contributed by atoms with Gasteiger partial charge in [0.25, 0.3) is 5.91 Å². The minimum absolute atomic E-state index is 0.176. The number of benzene rings is 2. The van der Waals surface area contributed by atoms with Crippen LogP contribution >= 0.6 is 0 Å². The van der Waals surface area contributed by atoms with E-state index in [1.165, 1.54) is 0 Å². The van der Waals surface area contributed by atoms with Crippen molar-refractivity contribution in [2.24, 2.45) is 0 Å². The minimum atomic E-state index is -0.566. The van der Waals surface area contributed by atoms with Crippen molar-refractivity contribution < 1.29 is 14.3 Å². The number of aromatic nitrogens is 2. The predicted molar refractivity (Wildman–Crippen MR) is 97.7 cm³/mol. The number of nitrogens with one attached hydrogen (secondary N) is 1. The first-order valence-corrected chi connectivity index (χ1v) is 8.33. The molecule has 6 heteroatoms. The fourth-order valence-corrected chi connectivity index (χ4v) is 2.52. The van der Waals surface area contributed by atoms with Gasteiger partial charge in [-0.2, -0.15) is 0 Å². The summed E-state index contributed by atoms with van der Waals surface area (Å²) in [6.45, 7) is 2.18. The number of amides is 1. The van der Waals surface area contributed by atoms with Crippen LogP contribution in [0.2, 0.25) is 0 Å². The first-order valence-electron chi connectivity index (χ1n) is 8.33. The zero-order valence-electron chi connectivity index (χ0n) is 14.4. The second kappa shape index (κ2) is 8.20. The molecule has 3 aromatic rings. The Morgan fingerprint density at radius 3 is 2.54 bits per heavy atom. The van der Waals surface area contributed by atoms with E-state index >= 15 is 0 Å². The largest absolute Gasteiger partial charge is 0.452 e. The fourth-order valence-electron chi connectivity index (χ4n) is 2.52. The van der Waals surface area contributed by atoms with Crippen molar-refractivity contribution in [2.45, 2.75) is 12.8 Å². The number of carbonyl (C=O) groups is 2. The summed E-state index contributed by atoms with van der Waals surface area (Å²) in [5.74, 6) is -0.722. The molecule has 0 bridgehead atoms. The summed E-state index contributed by atoms with van der Waals surface area (Å²) >= 11 is 0. The predicted octanol–water partition coefficient (Wildman–Crippen LogP) is 2.71. The zero-order chi connectivity index (χ0) is 18.4. The summed E-state index contributed by atoms with van der Waals surface area (Å²) in [6.07, 6.45) is 3.14. The lowest BCUT2D eigenvalue weighted by molar-refractivity contribution is -0.124. The Morgan fingerprint density at radius 1 is 1.04 bits per heavy atom. The molecule has 0 aliphatic heterocycles. The lowest BCUT2D eigenvalue weighted by atomic mass is 10.0. The molecule has 0 aliphatic rings. The molecule has 1 heterocycles. The van der Waals surface area contributed by atoms with Crippen LogP contribution in [0.15, 0.2) is 60.9 Å². The maximum atomic E-state index is 12.1. The molecule has 0 spiro atoms. The van der Waals surface area contributed by atoms with E-state index in [1.807, 2.05) is 37.3 Å². The second-order valence-corrected chi connectivity index (χ2v) is 5.95. The Morgan fingerprint density at radius 2 is 1.77 bits per heavy atom. The van der Waals surface area contributed by atoms with E-state index in [4.69, 9.17) is 4.74 Å². The summed E-state index contributed by atoms with van der Waals surface area (Å²) in [5, 5.41) is 2.78. The first kappa shape index (κ1) is 17.5. The highest BCUT2D eigenvalue weighted by Crippen LogP contribution is 2.13. The molecule has 0 saturated heterocycles. The van der Waals surface area contributed by atoms with Crippen LogP contribution in [0.1, 0.15) is 28.8 Å². The molecule has 1 N–H and O–H groups in total. The number of carbonyl (C=O) groups excluding carboxylic acids is 2. The second-order valence-electron chi connectivity index (χ2n) is 5.95. The van der Waals surface area contributed by atoms with Crippen LogP contribution in [0.4, 0.5) is 0 Å². The highest BCUT2D eigenvalue weighted by Gasteiger charge is 2.12. The standard InChI is InChI=1S/C20H19N3O3/c1-14(15-5-3-2-4-6-15)12-23-19(24)13-26-20(25)16-7-8-17-18(11-16)22-10-9-21-17/h2-11,14H,12-13H2,1H3,(H,23,24)/t14-/m0/s1. The van der Waals surface area contributed by atoms with Crippen LogP contribution in [-0.2, 0) is 9.53 Å². The van der Waals surface area contributed by atoms with E-state index in [9.17, 15) is 9.59 Å². The van der Waals surface area contributed by atoms with Crippen LogP contribution in [0.25, 0.3) is 11.0 Å². The van der Waals surface area contributed by atoms with Gasteiger partial charge >= 0.3 is 5.97 Å². The molecule has 0 fully saturated rings. The van der Waals surface area contributed by atoms with Gasteiger partial charge in [0, 0.05) is 18.9 Å². The number of esters is 1. The molecule has 0 saturated carbocycles. The molecule has 0 radical (unpaired) electrons. The topological polar surface area (TPSA) is 81.2 Å². The Kier molecular flexibility index (Phi) is 5.53. The van der Waals surface area contributed by atoms with E-state index in [2.05, 4.69) is 15.3 Å². The van der Waals surface area contributed by atoms with Crippen LogP contribution in [0, 0.1) is 0 Å². The maximum absolute atomic E-state index is 12.1. The van der Waals surface area contributed by atoms with Crippen molar-refractivity contribution in [3.05, 3.63) is 72.1 Å². The third kappa shape index (κ3) is 4.42. The average Bonchev–Trinajstić information content (AvgIpc) is 2.70. The average molecular weight is 349 g/mol. The van der Waals surface area contributed by atoms with Crippen molar-refractivity contribution in [1.82, 2.24) is 15.3 Å². The van der Waals surface area contributed by atoms with Gasteiger partial charge < -0.3 is 10.1 Å². The van der Waals surface area contributed by atoms with Gasteiger partial charge in [0.1, 0.15) is 0 Å². The number of rotatable bonds is 6.